The second-order valence-electron chi connectivity index (χ2n) is 4.42. The van der Waals surface area contributed by atoms with Crippen LogP contribution in [0, 0.1) is 6.92 Å². The molecule has 0 aliphatic carbocycles. The summed E-state index contributed by atoms with van der Waals surface area (Å²) in [6, 6.07) is 0.0846. The second kappa shape index (κ2) is 8.79. The maximum atomic E-state index is 11.6. The molecule has 1 aromatic heterocycles. The lowest BCUT2D eigenvalue weighted by molar-refractivity contribution is 0.237. The summed E-state index contributed by atoms with van der Waals surface area (Å²) >= 11 is 1.78. The molecule has 19 heavy (non-hydrogen) atoms. The topological polar surface area (TPSA) is 80.0 Å². The predicted molar refractivity (Wildman–Crippen MR) is 76.4 cm³/mol. The highest BCUT2D eigenvalue weighted by atomic mass is 32.2. The molecule has 0 unspecified atom stereocenters. The van der Waals surface area contributed by atoms with Gasteiger partial charge in [-0.2, -0.15) is 16.7 Å². The van der Waals surface area contributed by atoms with Gasteiger partial charge in [-0.1, -0.05) is 5.16 Å². The number of aryl methyl sites for hydroxylation is 2. The minimum absolute atomic E-state index is 0.115. The molecule has 0 radical (unpaired) electrons. The van der Waals surface area contributed by atoms with Crippen LogP contribution in [0.25, 0.3) is 0 Å². The smallest absolute Gasteiger partial charge is 0.314 e. The Bertz CT molecular complexity index is 384. The van der Waals surface area contributed by atoms with Crippen LogP contribution in [0.4, 0.5) is 4.79 Å². The molecule has 0 spiro atoms. The van der Waals surface area contributed by atoms with Crippen LogP contribution < -0.4 is 10.6 Å². The van der Waals surface area contributed by atoms with Gasteiger partial charge in [-0.15, -0.1) is 0 Å². The van der Waals surface area contributed by atoms with Crippen molar-refractivity contribution in [3.63, 3.8) is 0 Å². The molecule has 2 amide bonds. The van der Waals surface area contributed by atoms with E-state index >= 15 is 0 Å². The molecule has 2 N–H and O–H groups in total. The van der Waals surface area contributed by atoms with Gasteiger partial charge in [0.25, 0.3) is 0 Å². The fraction of sp³-hybridized carbons (Fsp3) is 0.750. The van der Waals surface area contributed by atoms with Crippen molar-refractivity contribution in [1.29, 1.82) is 0 Å². The number of thioether (sulfide) groups is 1. The Morgan fingerprint density at radius 3 is 2.95 bits per heavy atom. The number of nitrogens with one attached hydrogen (secondary N) is 2. The molecule has 1 atom stereocenters. The molecule has 7 heteroatoms. The number of aromatic nitrogens is 2. The standard InChI is InChI=1S/C12H22N4O2S/c1-9(6-8-19-3)14-12(17)13-7-4-5-11-15-10(2)16-18-11/h9H,4-8H2,1-3H3,(H2,13,14,17)/t9-/m0/s1. The number of nitrogens with zero attached hydrogens (tertiary/aromatic N) is 2. The van der Waals surface area contributed by atoms with Crippen LogP contribution in [0.15, 0.2) is 4.52 Å². The zero-order valence-electron chi connectivity index (χ0n) is 11.7. The van der Waals surface area contributed by atoms with Crippen LogP contribution in [0.3, 0.4) is 0 Å². The highest BCUT2D eigenvalue weighted by molar-refractivity contribution is 7.98. The van der Waals surface area contributed by atoms with E-state index in [9.17, 15) is 4.79 Å². The quantitative estimate of drug-likeness (QED) is 0.712. The average Bonchev–Trinajstić information content (AvgIpc) is 2.78. The minimum atomic E-state index is -0.115. The Kier molecular flexibility index (Phi) is 7.32. The Labute approximate surface area is 118 Å². The number of carbonyl (C=O) groups excluding carboxylic acids is 1. The van der Waals surface area contributed by atoms with E-state index in [-0.39, 0.29) is 12.1 Å². The van der Waals surface area contributed by atoms with E-state index in [1.807, 2.05) is 6.92 Å². The summed E-state index contributed by atoms with van der Waals surface area (Å²) in [5, 5.41) is 9.43. The number of urea groups is 1. The molecule has 0 aromatic carbocycles. The van der Waals surface area contributed by atoms with Gasteiger partial charge in [-0.3, -0.25) is 0 Å². The zero-order chi connectivity index (χ0) is 14.1. The molecule has 0 fully saturated rings. The number of hydrogen-bond acceptors (Lipinski definition) is 5. The van der Waals surface area contributed by atoms with Gasteiger partial charge in [0.05, 0.1) is 0 Å². The van der Waals surface area contributed by atoms with E-state index in [0.29, 0.717) is 24.7 Å². The highest BCUT2D eigenvalue weighted by Gasteiger charge is 2.06. The van der Waals surface area contributed by atoms with Gasteiger partial charge in [0.1, 0.15) is 0 Å². The SMILES string of the molecule is CSCC[C@H](C)NC(=O)NCCCc1nc(C)no1. The third kappa shape index (κ3) is 7.05. The van der Waals surface area contributed by atoms with Crippen molar-refractivity contribution in [3.05, 3.63) is 11.7 Å². The number of carbonyl (C=O) groups is 1. The summed E-state index contributed by atoms with van der Waals surface area (Å²) in [4.78, 5) is 15.7. The number of rotatable bonds is 8. The van der Waals surface area contributed by atoms with Gasteiger partial charge in [0, 0.05) is 19.0 Å². The van der Waals surface area contributed by atoms with Crippen molar-refractivity contribution in [2.24, 2.45) is 0 Å². The molecule has 0 saturated carbocycles. The molecule has 1 heterocycles. The van der Waals surface area contributed by atoms with Gasteiger partial charge < -0.3 is 15.2 Å². The van der Waals surface area contributed by atoms with Crippen LogP contribution in [0.5, 0.6) is 0 Å². The van der Waals surface area contributed by atoms with E-state index in [1.165, 1.54) is 0 Å². The molecule has 0 bridgehead atoms. The van der Waals surface area contributed by atoms with Crippen molar-refractivity contribution >= 4 is 17.8 Å². The van der Waals surface area contributed by atoms with Gasteiger partial charge in [-0.25, -0.2) is 4.79 Å². The summed E-state index contributed by atoms with van der Waals surface area (Å²) in [7, 11) is 0. The predicted octanol–water partition coefficient (Wildman–Crippen LogP) is 1.75. The van der Waals surface area contributed by atoms with Crippen molar-refractivity contribution in [1.82, 2.24) is 20.8 Å². The summed E-state index contributed by atoms with van der Waals surface area (Å²) in [6.45, 7) is 4.40. The molecule has 6 nitrogen and oxygen atoms in total. The third-order valence-electron chi connectivity index (χ3n) is 2.56. The maximum Gasteiger partial charge on any atom is 0.314 e. The molecule has 0 aliphatic rings. The molecule has 0 aliphatic heterocycles. The van der Waals surface area contributed by atoms with Crippen LogP contribution in [-0.2, 0) is 6.42 Å². The number of amides is 2. The van der Waals surface area contributed by atoms with Crippen LogP contribution in [-0.4, -0.2) is 40.8 Å². The van der Waals surface area contributed by atoms with Crippen LogP contribution in [0.2, 0.25) is 0 Å². The van der Waals surface area contributed by atoms with Crippen molar-refractivity contribution in [2.75, 3.05) is 18.6 Å². The Morgan fingerprint density at radius 2 is 2.32 bits per heavy atom. The van der Waals surface area contributed by atoms with E-state index in [1.54, 1.807) is 18.7 Å². The first-order valence-corrected chi connectivity index (χ1v) is 7.83. The molecule has 0 saturated heterocycles. The monoisotopic (exact) mass is 286 g/mol. The lowest BCUT2D eigenvalue weighted by Crippen LogP contribution is -2.41. The first-order chi connectivity index (χ1) is 9.11. The molecule has 1 aromatic rings. The van der Waals surface area contributed by atoms with Crippen molar-refractivity contribution in [2.45, 2.75) is 39.2 Å². The summed E-state index contributed by atoms with van der Waals surface area (Å²) in [5.74, 6) is 2.31. The largest absolute Gasteiger partial charge is 0.339 e. The highest BCUT2D eigenvalue weighted by Crippen LogP contribution is 2.00. The zero-order valence-corrected chi connectivity index (χ0v) is 12.5. The van der Waals surface area contributed by atoms with E-state index in [0.717, 1.165) is 18.6 Å². The Balaban J connectivity index is 2.07. The summed E-state index contributed by atoms with van der Waals surface area (Å²) in [5.41, 5.74) is 0. The number of hydrogen-bond donors (Lipinski definition) is 2. The first kappa shape index (κ1) is 15.8. The lowest BCUT2D eigenvalue weighted by Gasteiger charge is -2.13. The first-order valence-electron chi connectivity index (χ1n) is 6.44. The van der Waals surface area contributed by atoms with E-state index in [2.05, 4.69) is 27.0 Å². The second-order valence-corrected chi connectivity index (χ2v) is 5.41. The molecule has 108 valence electrons. The fourth-order valence-corrected chi connectivity index (χ4v) is 2.11. The molecule has 1 rings (SSSR count). The normalized spacial score (nSPS) is 12.2. The summed E-state index contributed by atoms with van der Waals surface area (Å²) in [6.07, 6.45) is 4.51. The van der Waals surface area contributed by atoms with E-state index < -0.39 is 0 Å². The lowest BCUT2D eigenvalue weighted by atomic mass is 10.3. The van der Waals surface area contributed by atoms with Gasteiger partial charge in [0.15, 0.2) is 5.82 Å². The summed E-state index contributed by atoms with van der Waals surface area (Å²) < 4.78 is 4.99. The van der Waals surface area contributed by atoms with E-state index in [4.69, 9.17) is 4.52 Å². The fourth-order valence-electron chi connectivity index (χ4n) is 1.52. The van der Waals surface area contributed by atoms with Gasteiger partial charge >= 0.3 is 6.03 Å². The minimum Gasteiger partial charge on any atom is -0.339 e. The molecular weight excluding hydrogens is 264 g/mol. The van der Waals surface area contributed by atoms with Crippen molar-refractivity contribution < 1.29 is 9.32 Å². The maximum absolute atomic E-state index is 11.6. The third-order valence-corrected chi connectivity index (χ3v) is 3.20. The van der Waals surface area contributed by atoms with Crippen molar-refractivity contribution in [3.8, 4) is 0 Å². The Hall–Kier alpha value is -1.24. The van der Waals surface area contributed by atoms with Crippen LogP contribution >= 0.6 is 11.8 Å². The molecular formula is C12H22N4O2S. The van der Waals surface area contributed by atoms with Gasteiger partial charge in [0.2, 0.25) is 5.89 Å². The van der Waals surface area contributed by atoms with Crippen LogP contribution in [0.1, 0.15) is 31.5 Å². The Morgan fingerprint density at radius 1 is 1.53 bits per heavy atom. The average molecular weight is 286 g/mol. The van der Waals surface area contributed by atoms with Gasteiger partial charge in [-0.05, 0) is 38.7 Å².